The molecule has 11 rings (SSSR count). The Morgan fingerprint density at radius 3 is 1.83 bits per heavy atom. The lowest BCUT2D eigenvalue weighted by molar-refractivity contribution is 0.620. The molecule has 0 bridgehead atoms. The van der Waals surface area contributed by atoms with E-state index in [1.54, 1.807) is 0 Å². The van der Waals surface area contributed by atoms with Crippen molar-refractivity contribution < 1.29 is 8.83 Å². The van der Waals surface area contributed by atoms with Gasteiger partial charge in [-0.25, -0.2) is 4.98 Å². The zero-order valence-electron chi connectivity index (χ0n) is 28.9. The van der Waals surface area contributed by atoms with Gasteiger partial charge in [0.05, 0.1) is 15.8 Å². The quantitative estimate of drug-likeness (QED) is 0.172. The summed E-state index contributed by atoms with van der Waals surface area (Å²) in [5, 5.41) is 4.53. The van der Waals surface area contributed by atoms with Gasteiger partial charge in [0, 0.05) is 43.4 Å². The Bertz CT molecular complexity index is 3140. The summed E-state index contributed by atoms with van der Waals surface area (Å²) < 4.78 is 15.6. The van der Waals surface area contributed by atoms with Gasteiger partial charge in [-0.05, 0) is 77.4 Å². The lowest BCUT2D eigenvalue weighted by Gasteiger charge is -2.26. The highest BCUT2D eigenvalue weighted by Crippen LogP contribution is 2.46. The van der Waals surface area contributed by atoms with Crippen molar-refractivity contribution in [3.63, 3.8) is 0 Å². The fourth-order valence-electron chi connectivity index (χ4n) is 7.76. The molecule has 0 aliphatic rings. The molecule has 11 aromatic rings. The smallest absolute Gasteiger partial charge is 0.227 e. The molecule has 4 nitrogen and oxygen atoms in total. The van der Waals surface area contributed by atoms with Crippen LogP contribution in [-0.4, -0.2) is 4.98 Å². The Kier molecular flexibility index (Phi) is 7.00. The third kappa shape index (κ3) is 4.94. The lowest BCUT2D eigenvalue weighted by Crippen LogP contribution is -2.10. The Morgan fingerprint density at radius 1 is 0.463 bits per heavy atom. The van der Waals surface area contributed by atoms with Gasteiger partial charge in [-0.2, -0.15) is 0 Å². The van der Waals surface area contributed by atoms with Crippen molar-refractivity contribution in [3.05, 3.63) is 182 Å². The summed E-state index contributed by atoms with van der Waals surface area (Å²) in [6, 6.07) is 63.8. The highest BCUT2D eigenvalue weighted by molar-refractivity contribution is 7.26. The summed E-state index contributed by atoms with van der Waals surface area (Å²) in [6.07, 6.45) is 0. The molecule has 5 heteroatoms. The SMILES string of the molecule is c1ccc(-c2ccc(N(c3ccc(-c4cc5oc6ccccc6c5c5nc(-c6ccccc6)oc45)cc3)c3cccc4c3sc3ccccc34)cc2)cc1. The maximum absolute atomic E-state index is 6.65. The molecule has 0 aliphatic carbocycles. The number of benzene rings is 8. The first-order chi connectivity index (χ1) is 26.8. The van der Waals surface area contributed by atoms with Crippen LogP contribution in [0.15, 0.2) is 191 Å². The largest absolute Gasteiger partial charge is 0.456 e. The lowest BCUT2D eigenvalue weighted by atomic mass is 10.0. The molecule has 0 radical (unpaired) electrons. The maximum Gasteiger partial charge on any atom is 0.227 e. The first-order valence-corrected chi connectivity index (χ1v) is 18.8. The number of anilines is 3. The number of para-hydroxylation sites is 1. The summed E-state index contributed by atoms with van der Waals surface area (Å²) in [5.41, 5.74) is 11.7. The van der Waals surface area contributed by atoms with E-state index in [1.807, 2.05) is 59.9 Å². The fraction of sp³-hybridized carbons (Fsp3) is 0. The number of thiophene rings is 1. The number of fused-ring (bicyclic) bond motifs is 8. The highest BCUT2D eigenvalue weighted by Gasteiger charge is 2.22. The molecule has 254 valence electrons. The van der Waals surface area contributed by atoms with Crippen molar-refractivity contribution in [1.29, 1.82) is 0 Å². The molecule has 0 saturated heterocycles. The van der Waals surface area contributed by atoms with E-state index < -0.39 is 0 Å². The van der Waals surface area contributed by atoms with Gasteiger partial charge in [0.1, 0.15) is 16.7 Å². The topological polar surface area (TPSA) is 42.4 Å². The predicted molar refractivity (Wildman–Crippen MR) is 225 cm³/mol. The van der Waals surface area contributed by atoms with Crippen LogP contribution in [0.1, 0.15) is 0 Å². The average molecular weight is 711 g/mol. The van der Waals surface area contributed by atoms with Gasteiger partial charge in [0.2, 0.25) is 5.89 Å². The zero-order valence-corrected chi connectivity index (χ0v) is 29.8. The molecule has 0 spiro atoms. The Labute approximate surface area is 314 Å². The number of nitrogens with zero attached hydrogens (tertiary/aromatic N) is 2. The van der Waals surface area contributed by atoms with Crippen LogP contribution in [0.4, 0.5) is 17.1 Å². The van der Waals surface area contributed by atoms with Gasteiger partial charge >= 0.3 is 0 Å². The minimum absolute atomic E-state index is 0.586. The summed E-state index contributed by atoms with van der Waals surface area (Å²) in [4.78, 5) is 7.46. The number of rotatable bonds is 6. The van der Waals surface area contributed by atoms with Crippen LogP contribution in [0.3, 0.4) is 0 Å². The third-order valence-electron chi connectivity index (χ3n) is 10.3. The van der Waals surface area contributed by atoms with Gasteiger partial charge < -0.3 is 13.7 Å². The van der Waals surface area contributed by atoms with Gasteiger partial charge in [-0.15, -0.1) is 11.3 Å². The van der Waals surface area contributed by atoms with E-state index in [4.69, 9.17) is 13.8 Å². The molecule has 3 aromatic heterocycles. The van der Waals surface area contributed by atoms with Crippen molar-refractivity contribution in [2.45, 2.75) is 0 Å². The monoisotopic (exact) mass is 710 g/mol. The fourth-order valence-corrected chi connectivity index (χ4v) is 8.96. The molecule has 3 heterocycles. The van der Waals surface area contributed by atoms with E-state index in [0.29, 0.717) is 5.89 Å². The van der Waals surface area contributed by atoms with Gasteiger partial charge in [0.25, 0.3) is 0 Å². The van der Waals surface area contributed by atoms with E-state index in [2.05, 4.69) is 138 Å². The summed E-state index contributed by atoms with van der Waals surface area (Å²) >= 11 is 1.84. The zero-order chi connectivity index (χ0) is 35.6. The van der Waals surface area contributed by atoms with Crippen LogP contribution in [0.2, 0.25) is 0 Å². The molecule has 0 unspecified atom stereocenters. The molecule has 0 aliphatic heterocycles. The third-order valence-corrected chi connectivity index (χ3v) is 11.5. The van der Waals surface area contributed by atoms with Crippen molar-refractivity contribution in [1.82, 2.24) is 4.98 Å². The minimum Gasteiger partial charge on any atom is -0.456 e. The summed E-state index contributed by atoms with van der Waals surface area (Å²) in [6.45, 7) is 0. The van der Waals surface area contributed by atoms with Crippen LogP contribution in [0.25, 0.3) is 86.9 Å². The van der Waals surface area contributed by atoms with Crippen LogP contribution >= 0.6 is 11.3 Å². The molecular formula is C49H30N2O2S. The highest BCUT2D eigenvalue weighted by atomic mass is 32.1. The Balaban J connectivity index is 1.08. The molecule has 54 heavy (non-hydrogen) atoms. The minimum atomic E-state index is 0.586. The van der Waals surface area contributed by atoms with Crippen molar-refractivity contribution in [3.8, 4) is 33.7 Å². The molecule has 0 saturated carbocycles. The second-order valence-electron chi connectivity index (χ2n) is 13.5. The van der Waals surface area contributed by atoms with E-state index in [-0.39, 0.29) is 0 Å². The maximum atomic E-state index is 6.65. The molecule has 8 aromatic carbocycles. The molecule has 0 N–H and O–H groups in total. The molecule has 0 fully saturated rings. The predicted octanol–water partition coefficient (Wildman–Crippen LogP) is 14.6. The average Bonchev–Trinajstić information content (AvgIpc) is 3.96. The Hall–Kier alpha value is -6.95. The van der Waals surface area contributed by atoms with Crippen LogP contribution in [0.5, 0.6) is 0 Å². The molecule has 0 atom stereocenters. The van der Waals surface area contributed by atoms with Gasteiger partial charge in [-0.1, -0.05) is 121 Å². The summed E-state index contributed by atoms with van der Waals surface area (Å²) in [5.74, 6) is 0.586. The van der Waals surface area contributed by atoms with Crippen molar-refractivity contribution in [2.24, 2.45) is 0 Å². The number of hydrogen-bond acceptors (Lipinski definition) is 5. The van der Waals surface area contributed by atoms with E-state index >= 15 is 0 Å². The number of oxazole rings is 1. The van der Waals surface area contributed by atoms with Crippen LogP contribution < -0.4 is 4.90 Å². The summed E-state index contributed by atoms with van der Waals surface area (Å²) in [7, 11) is 0. The Morgan fingerprint density at radius 2 is 1.07 bits per heavy atom. The number of hydrogen-bond donors (Lipinski definition) is 0. The van der Waals surface area contributed by atoms with Crippen molar-refractivity contribution >= 4 is 81.6 Å². The molecular weight excluding hydrogens is 681 g/mol. The second-order valence-corrected chi connectivity index (χ2v) is 14.6. The second kappa shape index (κ2) is 12.3. The van der Waals surface area contributed by atoms with E-state index in [9.17, 15) is 0 Å². The van der Waals surface area contributed by atoms with Crippen LogP contribution in [-0.2, 0) is 0 Å². The van der Waals surface area contributed by atoms with Crippen molar-refractivity contribution in [2.75, 3.05) is 4.90 Å². The van der Waals surface area contributed by atoms with E-state index in [0.717, 1.165) is 66.8 Å². The van der Waals surface area contributed by atoms with Crippen LogP contribution in [0, 0.1) is 0 Å². The van der Waals surface area contributed by atoms with Gasteiger partial charge in [0.15, 0.2) is 5.58 Å². The number of furan rings is 1. The molecule has 0 amide bonds. The first-order valence-electron chi connectivity index (χ1n) is 18.0. The van der Waals surface area contributed by atoms with E-state index in [1.165, 1.54) is 31.3 Å². The number of aromatic nitrogens is 1. The normalized spacial score (nSPS) is 11.7. The first kappa shape index (κ1) is 30.7. The van der Waals surface area contributed by atoms with Gasteiger partial charge in [-0.3, -0.25) is 0 Å². The standard InChI is InChI=1S/C49H30N2O2S/c1-3-12-31(13-4-1)32-22-26-35(27-23-32)51(41-19-11-18-38-37-16-8-10-21-44(37)54-48(38)41)36-28-24-33(25-29-36)40-30-43-45(39-17-7-9-20-42(39)52-43)46-47(40)53-49(50-46)34-14-5-2-6-15-34/h1-30H.